The molecule has 1 aliphatic rings. The maximum absolute atomic E-state index is 12.8. The molecule has 1 amide bonds. The number of nitrogens with one attached hydrogen (secondary N) is 1. The summed E-state index contributed by atoms with van der Waals surface area (Å²) in [5, 5.41) is 3.99. The summed E-state index contributed by atoms with van der Waals surface area (Å²) >= 11 is 1.64. The number of amides is 1. The predicted octanol–water partition coefficient (Wildman–Crippen LogP) is 4.17. The van der Waals surface area contributed by atoms with Crippen LogP contribution in [0.1, 0.15) is 12.8 Å². The van der Waals surface area contributed by atoms with E-state index in [-0.39, 0.29) is 11.8 Å². The van der Waals surface area contributed by atoms with Gasteiger partial charge in [-0.15, -0.1) is 0 Å². The van der Waals surface area contributed by atoms with E-state index in [1.807, 2.05) is 42.5 Å². The van der Waals surface area contributed by atoms with Crippen LogP contribution in [0.2, 0.25) is 0 Å². The highest BCUT2D eigenvalue weighted by molar-refractivity contribution is 7.22. The standard InChI is InChI=1S/C21H23N3O3S/c1-26-16-7-5-15(6-8-16)22-20(25)14-4-3-11-24(13-14)21-23-18-10-9-17(27-2)12-19(18)28-21/h5-10,12,14H,3-4,11,13H2,1-2H3,(H,22,25). The SMILES string of the molecule is COc1ccc(NC(=O)C2CCCN(c3nc4ccc(OC)cc4s3)C2)cc1. The molecule has 0 saturated carbocycles. The molecule has 0 bridgehead atoms. The first-order chi connectivity index (χ1) is 13.7. The van der Waals surface area contributed by atoms with Gasteiger partial charge in [-0.3, -0.25) is 4.79 Å². The van der Waals surface area contributed by atoms with Gasteiger partial charge in [0.2, 0.25) is 5.91 Å². The summed E-state index contributed by atoms with van der Waals surface area (Å²) in [4.78, 5) is 19.7. The zero-order valence-corrected chi connectivity index (χ0v) is 16.8. The zero-order chi connectivity index (χ0) is 19.5. The number of anilines is 2. The van der Waals surface area contributed by atoms with Gasteiger partial charge in [-0.1, -0.05) is 11.3 Å². The second kappa shape index (κ2) is 8.06. The maximum atomic E-state index is 12.8. The second-order valence-electron chi connectivity index (χ2n) is 6.83. The van der Waals surface area contributed by atoms with Crippen molar-refractivity contribution in [1.82, 2.24) is 4.98 Å². The van der Waals surface area contributed by atoms with Crippen molar-refractivity contribution < 1.29 is 14.3 Å². The minimum absolute atomic E-state index is 0.0534. The molecule has 0 radical (unpaired) electrons. The summed E-state index contributed by atoms with van der Waals surface area (Å²) in [6, 6.07) is 13.3. The highest BCUT2D eigenvalue weighted by Gasteiger charge is 2.27. The van der Waals surface area contributed by atoms with Crippen molar-refractivity contribution in [2.45, 2.75) is 12.8 Å². The number of thiazole rings is 1. The molecule has 3 aromatic rings. The third-order valence-corrected chi connectivity index (χ3v) is 6.08. The van der Waals surface area contributed by atoms with E-state index in [4.69, 9.17) is 14.5 Å². The van der Waals surface area contributed by atoms with Gasteiger partial charge in [-0.25, -0.2) is 4.98 Å². The molecule has 28 heavy (non-hydrogen) atoms. The average molecular weight is 398 g/mol. The van der Waals surface area contributed by atoms with Crippen LogP contribution in [0.3, 0.4) is 0 Å². The van der Waals surface area contributed by atoms with E-state index < -0.39 is 0 Å². The van der Waals surface area contributed by atoms with E-state index >= 15 is 0 Å². The molecule has 1 N–H and O–H groups in total. The summed E-state index contributed by atoms with van der Waals surface area (Å²) in [5.74, 6) is 1.60. The molecule has 0 aliphatic carbocycles. The Morgan fingerprint density at radius 3 is 2.64 bits per heavy atom. The van der Waals surface area contributed by atoms with Crippen LogP contribution in [0, 0.1) is 5.92 Å². The molecule has 1 saturated heterocycles. The van der Waals surface area contributed by atoms with Crippen LogP contribution < -0.4 is 19.7 Å². The highest BCUT2D eigenvalue weighted by atomic mass is 32.1. The molecular weight excluding hydrogens is 374 g/mol. The van der Waals surface area contributed by atoms with Crippen molar-refractivity contribution in [3.8, 4) is 11.5 Å². The van der Waals surface area contributed by atoms with Crippen LogP contribution in [-0.4, -0.2) is 38.2 Å². The number of carbonyl (C=O) groups is 1. The minimum Gasteiger partial charge on any atom is -0.497 e. The van der Waals surface area contributed by atoms with Gasteiger partial charge < -0.3 is 19.7 Å². The largest absolute Gasteiger partial charge is 0.497 e. The second-order valence-corrected chi connectivity index (χ2v) is 7.84. The zero-order valence-electron chi connectivity index (χ0n) is 16.0. The van der Waals surface area contributed by atoms with Gasteiger partial charge in [0.25, 0.3) is 0 Å². The Balaban J connectivity index is 1.45. The molecule has 4 rings (SSSR count). The number of rotatable bonds is 5. The van der Waals surface area contributed by atoms with Gasteiger partial charge in [0.1, 0.15) is 11.5 Å². The Bertz CT molecular complexity index is 971. The molecular formula is C21H23N3O3S. The normalized spacial score (nSPS) is 16.8. The first-order valence-corrected chi connectivity index (χ1v) is 10.1. The highest BCUT2D eigenvalue weighted by Crippen LogP contribution is 2.33. The molecule has 1 unspecified atom stereocenters. The third-order valence-electron chi connectivity index (χ3n) is 5.00. The third kappa shape index (κ3) is 3.89. The van der Waals surface area contributed by atoms with Gasteiger partial charge in [0.15, 0.2) is 5.13 Å². The van der Waals surface area contributed by atoms with E-state index in [1.54, 1.807) is 25.6 Å². The van der Waals surface area contributed by atoms with Gasteiger partial charge in [-0.2, -0.15) is 0 Å². The fraction of sp³-hybridized carbons (Fsp3) is 0.333. The first-order valence-electron chi connectivity index (χ1n) is 9.30. The van der Waals surface area contributed by atoms with Crippen molar-refractivity contribution in [2.75, 3.05) is 37.5 Å². The van der Waals surface area contributed by atoms with Crippen LogP contribution in [-0.2, 0) is 4.79 Å². The Kier molecular flexibility index (Phi) is 5.34. The lowest BCUT2D eigenvalue weighted by Crippen LogP contribution is -2.40. The van der Waals surface area contributed by atoms with E-state index in [9.17, 15) is 4.79 Å². The van der Waals surface area contributed by atoms with Crippen molar-refractivity contribution in [1.29, 1.82) is 0 Å². The van der Waals surface area contributed by atoms with Gasteiger partial charge in [0, 0.05) is 18.8 Å². The fourth-order valence-corrected chi connectivity index (χ4v) is 4.47. The van der Waals surface area contributed by atoms with E-state index in [1.165, 1.54) is 0 Å². The Labute approximate surface area is 168 Å². The van der Waals surface area contributed by atoms with Crippen LogP contribution in [0.5, 0.6) is 11.5 Å². The number of carbonyl (C=O) groups excluding carboxylic acids is 1. The number of nitrogens with zero attached hydrogens (tertiary/aromatic N) is 2. The van der Waals surface area contributed by atoms with Crippen LogP contribution >= 0.6 is 11.3 Å². The lowest BCUT2D eigenvalue weighted by Gasteiger charge is -2.31. The molecule has 146 valence electrons. The number of ether oxygens (including phenoxy) is 2. The molecule has 6 nitrogen and oxygen atoms in total. The molecule has 7 heteroatoms. The number of fused-ring (bicyclic) bond motifs is 1. The smallest absolute Gasteiger partial charge is 0.229 e. The summed E-state index contributed by atoms with van der Waals surface area (Å²) in [7, 11) is 3.29. The minimum atomic E-state index is -0.0580. The summed E-state index contributed by atoms with van der Waals surface area (Å²) in [6.07, 6.45) is 1.86. The van der Waals surface area contributed by atoms with Crippen molar-refractivity contribution in [3.05, 3.63) is 42.5 Å². The Morgan fingerprint density at radius 2 is 1.89 bits per heavy atom. The predicted molar refractivity (Wildman–Crippen MR) is 113 cm³/mol. The van der Waals surface area contributed by atoms with E-state index in [0.717, 1.165) is 51.9 Å². The number of aromatic nitrogens is 1. The average Bonchev–Trinajstić information content (AvgIpc) is 3.17. The lowest BCUT2D eigenvalue weighted by atomic mass is 9.97. The Morgan fingerprint density at radius 1 is 1.14 bits per heavy atom. The molecule has 1 fully saturated rings. The molecule has 2 heterocycles. The van der Waals surface area contributed by atoms with Crippen molar-refractivity contribution >= 4 is 38.3 Å². The van der Waals surface area contributed by atoms with E-state index in [0.29, 0.717) is 6.54 Å². The van der Waals surface area contributed by atoms with Crippen molar-refractivity contribution in [2.24, 2.45) is 5.92 Å². The lowest BCUT2D eigenvalue weighted by molar-refractivity contribution is -0.120. The summed E-state index contributed by atoms with van der Waals surface area (Å²) < 4.78 is 11.6. The van der Waals surface area contributed by atoms with Gasteiger partial charge in [-0.05, 0) is 55.3 Å². The fourth-order valence-electron chi connectivity index (χ4n) is 3.44. The van der Waals surface area contributed by atoms with Crippen LogP contribution in [0.25, 0.3) is 10.2 Å². The number of benzene rings is 2. The molecule has 2 aromatic carbocycles. The summed E-state index contributed by atoms with van der Waals surface area (Å²) in [5.41, 5.74) is 1.75. The molecule has 0 spiro atoms. The number of methoxy groups -OCH3 is 2. The topological polar surface area (TPSA) is 63.7 Å². The van der Waals surface area contributed by atoms with Crippen LogP contribution in [0.4, 0.5) is 10.8 Å². The van der Waals surface area contributed by atoms with E-state index in [2.05, 4.69) is 10.2 Å². The first kappa shape index (κ1) is 18.6. The van der Waals surface area contributed by atoms with Gasteiger partial charge in [0.05, 0.1) is 30.4 Å². The number of hydrogen-bond donors (Lipinski definition) is 1. The maximum Gasteiger partial charge on any atom is 0.229 e. The molecule has 1 aliphatic heterocycles. The van der Waals surface area contributed by atoms with Crippen molar-refractivity contribution in [3.63, 3.8) is 0 Å². The number of hydrogen-bond acceptors (Lipinski definition) is 6. The quantitative estimate of drug-likeness (QED) is 0.700. The monoisotopic (exact) mass is 397 g/mol. The molecule has 1 aromatic heterocycles. The molecule has 1 atom stereocenters. The van der Waals surface area contributed by atoms with Gasteiger partial charge >= 0.3 is 0 Å². The number of piperidine rings is 1. The summed E-state index contributed by atoms with van der Waals surface area (Å²) in [6.45, 7) is 1.60. The Hall–Kier alpha value is -2.80. The van der Waals surface area contributed by atoms with Crippen LogP contribution in [0.15, 0.2) is 42.5 Å².